The molecule has 8 heteroatoms. The van der Waals surface area contributed by atoms with Gasteiger partial charge < -0.3 is 10.2 Å². The van der Waals surface area contributed by atoms with E-state index in [1.807, 2.05) is 0 Å². The summed E-state index contributed by atoms with van der Waals surface area (Å²) in [6.45, 7) is 2.20. The van der Waals surface area contributed by atoms with Crippen LogP contribution >= 0.6 is 11.6 Å². The molecule has 0 saturated carbocycles. The molecule has 0 aromatic heterocycles. The van der Waals surface area contributed by atoms with Crippen molar-refractivity contribution in [3.8, 4) is 0 Å². The molecular weight excluding hydrogens is 286 g/mol. The second-order valence-corrected chi connectivity index (χ2v) is 4.77. The molecule has 7 nitrogen and oxygen atoms in total. The Labute approximate surface area is 119 Å². The fourth-order valence-corrected chi connectivity index (χ4v) is 2.33. The highest BCUT2D eigenvalue weighted by molar-refractivity contribution is 6.33. The third-order valence-corrected chi connectivity index (χ3v) is 3.46. The largest absolute Gasteiger partial charge is 0.353 e. The van der Waals surface area contributed by atoms with Crippen molar-refractivity contribution >= 4 is 29.1 Å². The molecule has 1 aliphatic heterocycles. The Morgan fingerprint density at radius 3 is 2.90 bits per heavy atom. The fraction of sp³-hybridized carbons (Fsp3) is 0.333. The van der Waals surface area contributed by atoms with Crippen molar-refractivity contribution < 1.29 is 14.5 Å². The number of amides is 2. The Morgan fingerprint density at radius 2 is 2.25 bits per heavy atom. The minimum Gasteiger partial charge on any atom is -0.353 e. The zero-order valence-electron chi connectivity index (χ0n) is 10.6. The number of piperazine rings is 1. The quantitative estimate of drug-likeness (QED) is 0.656. The third-order valence-electron chi connectivity index (χ3n) is 3.16. The predicted molar refractivity (Wildman–Crippen MR) is 71.6 cm³/mol. The van der Waals surface area contributed by atoms with Gasteiger partial charge in [0, 0.05) is 13.1 Å². The lowest BCUT2D eigenvalue weighted by Gasteiger charge is -2.32. The Balaban J connectivity index is 2.41. The molecule has 0 aliphatic carbocycles. The SMILES string of the molecule is CC1C(=O)NCCN1C(=O)c1cccc(Cl)c1[N+](=O)[O-]. The van der Waals surface area contributed by atoms with E-state index in [2.05, 4.69) is 5.32 Å². The van der Waals surface area contributed by atoms with E-state index in [0.29, 0.717) is 13.1 Å². The van der Waals surface area contributed by atoms with Gasteiger partial charge >= 0.3 is 5.69 Å². The Kier molecular flexibility index (Phi) is 3.89. The van der Waals surface area contributed by atoms with Crippen LogP contribution in [-0.2, 0) is 4.79 Å². The summed E-state index contributed by atoms with van der Waals surface area (Å²) in [6.07, 6.45) is 0. The first-order chi connectivity index (χ1) is 9.43. The van der Waals surface area contributed by atoms with Crippen molar-refractivity contribution in [3.05, 3.63) is 38.9 Å². The third kappa shape index (κ3) is 2.44. The van der Waals surface area contributed by atoms with Gasteiger partial charge in [0.2, 0.25) is 5.91 Å². The van der Waals surface area contributed by atoms with Crippen LogP contribution in [0.4, 0.5) is 5.69 Å². The Morgan fingerprint density at radius 1 is 1.55 bits per heavy atom. The van der Waals surface area contributed by atoms with Crippen LogP contribution in [0.3, 0.4) is 0 Å². The van der Waals surface area contributed by atoms with Crippen LogP contribution in [0.5, 0.6) is 0 Å². The number of hydrogen-bond acceptors (Lipinski definition) is 4. The van der Waals surface area contributed by atoms with Crippen LogP contribution in [0, 0.1) is 10.1 Å². The lowest BCUT2D eigenvalue weighted by atomic mass is 10.1. The van der Waals surface area contributed by atoms with E-state index >= 15 is 0 Å². The number of nitro groups is 1. The Hall–Kier alpha value is -2.15. The normalized spacial score (nSPS) is 18.6. The number of rotatable bonds is 2. The van der Waals surface area contributed by atoms with Gasteiger partial charge in [0.1, 0.15) is 16.6 Å². The van der Waals surface area contributed by atoms with Crippen molar-refractivity contribution in [3.63, 3.8) is 0 Å². The molecule has 1 aliphatic rings. The predicted octanol–water partition coefficient (Wildman–Crippen LogP) is 1.21. The summed E-state index contributed by atoms with van der Waals surface area (Å²) >= 11 is 5.78. The molecule has 106 valence electrons. The first kappa shape index (κ1) is 14.3. The van der Waals surface area contributed by atoms with Crippen LogP contribution in [0.25, 0.3) is 0 Å². The van der Waals surface area contributed by atoms with E-state index in [0.717, 1.165) is 0 Å². The van der Waals surface area contributed by atoms with Gasteiger partial charge in [-0.1, -0.05) is 17.7 Å². The standard InChI is InChI=1S/C12H12ClN3O4/c1-7-11(17)14-5-6-15(7)12(18)8-3-2-4-9(13)10(8)16(19)20/h2-4,7H,5-6H2,1H3,(H,14,17). The molecule has 1 heterocycles. The summed E-state index contributed by atoms with van der Waals surface area (Å²) in [5.74, 6) is -0.851. The topological polar surface area (TPSA) is 92.6 Å². The Bertz CT molecular complexity index is 590. The van der Waals surface area contributed by atoms with E-state index < -0.39 is 22.6 Å². The van der Waals surface area contributed by atoms with E-state index in [1.165, 1.54) is 23.1 Å². The number of carbonyl (C=O) groups is 2. The molecule has 1 unspecified atom stereocenters. The van der Waals surface area contributed by atoms with Gasteiger partial charge in [0.05, 0.1) is 4.92 Å². The molecule has 1 N–H and O–H groups in total. The van der Waals surface area contributed by atoms with Crippen molar-refractivity contribution in [2.45, 2.75) is 13.0 Å². The number of nitrogens with zero attached hydrogens (tertiary/aromatic N) is 2. The zero-order valence-corrected chi connectivity index (χ0v) is 11.4. The number of nitro benzene ring substituents is 1. The highest BCUT2D eigenvalue weighted by Crippen LogP contribution is 2.29. The van der Waals surface area contributed by atoms with Crippen LogP contribution in [-0.4, -0.2) is 40.8 Å². The van der Waals surface area contributed by atoms with Crippen molar-refractivity contribution in [2.24, 2.45) is 0 Å². The van der Waals surface area contributed by atoms with Crippen molar-refractivity contribution in [1.29, 1.82) is 0 Å². The summed E-state index contributed by atoms with van der Waals surface area (Å²) in [5.41, 5.74) is -0.540. The molecule has 1 saturated heterocycles. The number of hydrogen-bond donors (Lipinski definition) is 1. The summed E-state index contributed by atoms with van der Waals surface area (Å²) in [7, 11) is 0. The molecule has 1 aromatic rings. The number of para-hydroxylation sites is 1. The number of carbonyl (C=O) groups excluding carboxylic acids is 2. The summed E-state index contributed by atoms with van der Waals surface area (Å²) in [6, 6.07) is 3.49. The molecule has 1 aromatic carbocycles. The lowest BCUT2D eigenvalue weighted by Crippen LogP contribution is -2.55. The minimum atomic E-state index is -0.690. The monoisotopic (exact) mass is 297 g/mol. The molecule has 0 spiro atoms. The van der Waals surface area contributed by atoms with Crippen LogP contribution in [0.15, 0.2) is 18.2 Å². The first-order valence-corrected chi connectivity index (χ1v) is 6.33. The fourth-order valence-electron chi connectivity index (χ4n) is 2.09. The van der Waals surface area contributed by atoms with E-state index in [1.54, 1.807) is 6.92 Å². The average Bonchev–Trinajstić information content (AvgIpc) is 2.40. The minimum absolute atomic E-state index is 0.102. The zero-order chi connectivity index (χ0) is 14.9. The van der Waals surface area contributed by atoms with Gasteiger partial charge in [-0.15, -0.1) is 0 Å². The summed E-state index contributed by atoms with van der Waals surface area (Å²) < 4.78 is 0. The van der Waals surface area contributed by atoms with Crippen LogP contribution < -0.4 is 5.32 Å². The number of benzene rings is 1. The molecule has 0 bridgehead atoms. The molecule has 0 radical (unpaired) electrons. The maximum absolute atomic E-state index is 12.4. The van der Waals surface area contributed by atoms with E-state index in [9.17, 15) is 19.7 Å². The van der Waals surface area contributed by atoms with Gasteiger partial charge in [-0.25, -0.2) is 0 Å². The number of nitrogens with one attached hydrogen (secondary N) is 1. The first-order valence-electron chi connectivity index (χ1n) is 5.95. The molecule has 2 rings (SSSR count). The highest BCUT2D eigenvalue weighted by Gasteiger charge is 2.33. The van der Waals surface area contributed by atoms with Crippen LogP contribution in [0.2, 0.25) is 5.02 Å². The maximum Gasteiger partial charge on any atom is 0.300 e. The maximum atomic E-state index is 12.4. The van der Waals surface area contributed by atoms with Gasteiger partial charge in [-0.05, 0) is 19.1 Å². The van der Waals surface area contributed by atoms with Gasteiger partial charge in [-0.2, -0.15) is 0 Å². The van der Waals surface area contributed by atoms with Crippen molar-refractivity contribution in [2.75, 3.05) is 13.1 Å². The van der Waals surface area contributed by atoms with Crippen LogP contribution in [0.1, 0.15) is 17.3 Å². The molecule has 1 fully saturated rings. The molecule has 2 amide bonds. The molecule has 1 atom stereocenters. The lowest BCUT2D eigenvalue weighted by molar-refractivity contribution is -0.385. The average molecular weight is 298 g/mol. The smallest absolute Gasteiger partial charge is 0.300 e. The molecular formula is C12H12ClN3O4. The second-order valence-electron chi connectivity index (χ2n) is 4.36. The summed E-state index contributed by atoms with van der Waals surface area (Å²) in [5, 5.41) is 13.6. The van der Waals surface area contributed by atoms with Gasteiger partial charge in [0.25, 0.3) is 5.91 Å². The number of halogens is 1. The van der Waals surface area contributed by atoms with Gasteiger partial charge in [-0.3, -0.25) is 19.7 Å². The molecule has 20 heavy (non-hydrogen) atoms. The van der Waals surface area contributed by atoms with E-state index in [4.69, 9.17) is 11.6 Å². The second kappa shape index (κ2) is 5.46. The van der Waals surface area contributed by atoms with Crippen molar-refractivity contribution in [1.82, 2.24) is 10.2 Å². The van der Waals surface area contributed by atoms with E-state index in [-0.39, 0.29) is 16.5 Å². The summed E-state index contributed by atoms with van der Waals surface area (Å²) in [4.78, 5) is 35.6. The highest BCUT2D eigenvalue weighted by atomic mass is 35.5. The van der Waals surface area contributed by atoms with Gasteiger partial charge in [0.15, 0.2) is 0 Å².